The van der Waals surface area contributed by atoms with E-state index in [1.165, 1.54) is 31.0 Å². The van der Waals surface area contributed by atoms with Gasteiger partial charge in [0.05, 0.1) is 11.7 Å². The van der Waals surface area contributed by atoms with E-state index in [0.717, 1.165) is 19.3 Å². The van der Waals surface area contributed by atoms with E-state index in [1.54, 1.807) is 25.1 Å². The Balaban J connectivity index is 1.75. The van der Waals surface area contributed by atoms with Gasteiger partial charge < -0.3 is 15.2 Å². The van der Waals surface area contributed by atoms with Crippen molar-refractivity contribution in [2.75, 3.05) is 13.2 Å². The SMILES string of the molecule is CC(Sc1ccccc1C(=O)NCCCOC1CCCCC1)C(=O)O. The maximum absolute atomic E-state index is 12.4. The van der Waals surface area contributed by atoms with Crippen LogP contribution in [0.25, 0.3) is 0 Å². The number of thioether (sulfide) groups is 1. The molecule has 0 saturated heterocycles. The molecule has 1 aromatic carbocycles. The Morgan fingerprint density at radius 2 is 2.00 bits per heavy atom. The van der Waals surface area contributed by atoms with Gasteiger partial charge >= 0.3 is 5.97 Å². The van der Waals surface area contributed by atoms with Crippen LogP contribution in [-0.2, 0) is 9.53 Å². The number of carbonyl (C=O) groups is 2. The molecule has 0 spiro atoms. The van der Waals surface area contributed by atoms with Gasteiger partial charge in [-0.15, -0.1) is 11.8 Å². The number of carboxylic acids is 1. The van der Waals surface area contributed by atoms with Gasteiger partial charge in [-0.25, -0.2) is 0 Å². The lowest BCUT2D eigenvalue weighted by Crippen LogP contribution is -2.27. The summed E-state index contributed by atoms with van der Waals surface area (Å²) in [4.78, 5) is 24.1. The van der Waals surface area contributed by atoms with Crippen LogP contribution in [0.5, 0.6) is 0 Å². The lowest BCUT2D eigenvalue weighted by molar-refractivity contribution is -0.136. The van der Waals surface area contributed by atoms with Gasteiger partial charge in [0.1, 0.15) is 5.25 Å². The molecule has 0 bridgehead atoms. The molecule has 0 aliphatic heterocycles. The largest absolute Gasteiger partial charge is 0.480 e. The molecule has 25 heavy (non-hydrogen) atoms. The van der Waals surface area contributed by atoms with Gasteiger partial charge in [-0.3, -0.25) is 9.59 Å². The third-order valence-electron chi connectivity index (χ3n) is 4.30. The van der Waals surface area contributed by atoms with Crippen LogP contribution in [0.4, 0.5) is 0 Å². The summed E-state index contributed by atoms with van der Waals surface area (Å²) in [5, 5.41) is 11.3. The minimum atomic E-state index is -0.889. The predicted molar refractivity (Wildman–Crippen MR) is 99.2 cm³/mol. The van der Waals surface area contributed by atoms with E-state index in [0.29, 0.717) is 29.7 Å². The quantitative estimate of drug-likeness (QED) is 0.515. The van der Waals surface area contributed by atoms with Crippen molar-refractivity contribution in [2.45, 2.75) is 61.7 Å². The van der Waals surface area contributed by atoms with E-state index in [2.05, 4.69) is 5.32 Å². The third-order valence-corrected chi connectivity index (χ3v) is 5.46. The summed E-state index contributed by atoms with van der Waals surface area (Å²) in [6.45, 7) is 2.83. The number of hydrogen-bond acceptors (Lipinski definition) is 4. The fraction of sp³-hybridized carbons (Fsp3) is 0.579. The average Bonchev–Trinajstić information content (AvgIpc) is 2.62. The molecule has 0 aromatic heterocycles. The van der Waals surface area contributed by atoms with E-state index in [4.69, 9.17) is 9.84 Å². The highest BCUT2D eigenvalue weighted by molar-refractivity contribution is 8.00. The zero-order chi connectivity index (χ0) is 18.1. The number of rotatable bonds is 9. The van der Waals surface area contributed by atoms with E-state index in [1.807, 2.05) is 6.07 Å². The summed E-state index contributed by atoms with van der Waals surface area (Å²) >= 11 is 1.18. The Morgan fingerprint density at radius 1 is 1.28 bits per heavy atom. The van der Waals surface area contributed by atoms with Crippen LogP contribution < -0.4 is 5.32 Å². The van der Waals surface area contributed by atoms with Crippen molar-refractivity contribution in [3.63, 3.8) is 0 Å². The molecule has 1 aliphatic carbocycles. The molecule has 1 saturated carbocycles. The van der Waals surface area contributed by atoms with Crippen LogP contribution >= 0.6 is 11.8 Å². The van der Waals surface area contributed by atoms with E-state index < -0.39 is 11.2 Å². The number of nitrogens with one attached hydrogen (secondary N) is 1. The molecule has 0 radical (unpaired) electrons. The second-order valence-electron chi connectivity index (χ2n) is 6.33. The number of aliphatic carboxylic acids is 1. The topological polar surface area (TPSA) is 75.6 Å². The molecule has 2 rings (SSSR count). The first-order chi connectivity index (χ1) is 12.1. The summed E-state index contributed by atoms with van der Waals surface area (Å²) in [5.41, 5.74) is 0.522. The molecule has 1 unspecified atom stereocenters. The Hall–Kier alpha value is -1.53. The second-order valence-corrected chi connectivity index (χ2v) is 7.72. The van der Waals surface area contributed by atoms with Crippen LogP contribution in [0.3, 0.4) is 0 Å². The zero-order valence-corrected chi connectivity index (χ0v) is 15.5. The Morgan fingerprint density at radius 3 is 2.72 bits per heavy atom. The molecule has 1 aromatic rings. The predicted octanol–water partition coefficient (Wildman–Crippen LogP) is 3.72. The van der Waals surface area contributed by atoms with Crippen LogP contribution in [0.15, 0.2) is 29.2 Å². The maximum Gasteiger partial charge on any atom is 0.316 e. The van der Waals surface area contributed by atoms with E-state index in [-0.39, 0.29) is 5.91 Å². The number of carbonyl (C=O) groups excluding carboxylic acids is 1. The standard InChI is InChI=1S/C19H27NO4S/c1-14(19(22)23)25-17-11-6-5-10-16(17)18(21)20-12-7-13-24-15-8-3-2-4-9-15/h5-6,10-11,14-15H,2-4,7-9,12-13H2,1H3,(H,20,21)(H,22,23). The van der Waals surface area contributed by atoms with Gasteiger partial charge in [0.2, 0.25) is 0 Å². The third kappa shape index (κ3) is 6.71. The Bertz CT molecular complexity index is 572. The van der Waals surface area contributed by atoms with Gasteiger partial charge in [-0.1, -0.05) is 31.4 Å². The molecule has 1 atom stereocenters. The molecule has 138 valence electrons. The smallest absolute Gasteiger partial charge is 0.316 e. The molecule has 1 fully saturated rings. The average molecular weight is 365 g/mol. The molecule has 5 nitrogen and oxygen atoms in total. The summed E-state index contributed by atoms with van der Waals surface area (Å²) in [6.07, 6.45) is 7.29. The monoisotopic (exact) mass is 365 g/mol. The van der Waals surface area contributed by atoms with Crippen molar-refractivity contribution in [1.29, 1.82) is 0 Å². The zero-order valence-electron chi connectivity index (χ0n) is 14.7. The minimum absolute atomic E-state index is 0.168. The van der Waals surface area contributed by atoms with E-state index in [9.17, 15) is 9.59 Å². The number of amides is 1. The molecular formula is C19H27NO4S. The molecule has 1 amide bonds. The summed E-state index contributed by atoms with van der Waals surface area (Å²) in [6, 6.07) is 7.11. The molecule has 1 aliphatic rings. The van der Waals surface area contributed by atoms with Gasteiger partial charge in [0, 0.05) is 18.0 Å². The number of benzene rings is 1. The number of ether oxygens (including phenoxy) is 1. The maximum atomic E-state index is 12.4. The minimum Gasteiger partial charge on any atom is -0.480 e. The number of carboxylic acid groups (broad SMARTS) is 1. The van der Waals surface area contributed by atoms with Gasteiger partial charge in [-0.2, -0.15) is 0 Å². The number of hydrogen-bond donors (Lipinski definition) is 2. The lowest BCUT2D eigenvalue weighted by Gasteiger charge is -2.21. The summed E-state index contributed by atoms with van der Waals surface area (Å²) in [7, 11) is 0. The van der Waals surface area contributed by atoms with Gasteiger partial charge in [0.25, 0.3) is 5.91 Å². The first-order valence-corrected chi connectivity index (χ1v) is 9.84. The van der Waals surface area contributed by atoms with Crippen LogP contribution in [0.2, 0.25) is 0 Å². The van der Waals surface area contributed by atoms with Crippen LogP contribution in [0, 0.1) is 0 Å². The summed E-state index contributed by atoms with van der Waals surface area (Å²) < 4.78 is 5.85. The first kappa shape index (κ1) is 19.8. The molecule has 2 N–H and O–H groups in total. The first-order valence-electron chi connectivity index (χ1n) is 8.96. The lowest BCUT2D eigenvalue weighted by atomic mass is 9.98. The van der Waals surface area contributed by atoms with Crippen LogP contribution in [-0.4, -0.2) is 41.5 Å². The highest BCUT2D eigenvalue weighted by Crippen LogP contribution is 2.27. The van der Waals surface area contributed by atoms with Crippen molar-refractivity contribution < 1.29 is 19.4 Å². The van der Waals surface area contributed by atoms with Crippen molar-refractivity contribution in [1.82, 2.24) is 5.32 Å². The summed E-state index contributed by atoms with van der Waals surface area (Å²) in [5.74, 6) is -1.06. The van der Waals surface area contributed by atoms with Crippen molar-refractivity contribution in [3.8, 4) is 0 Å². The van der Waals surface area contributed by atoms with Crippen molar-refractivity contribution in [3.05, 3.63) is 29.8 Å². The highest BCUT2D eigenvalue weighted by atomic mass is 32.2. The highest BCUT2D eigenvalue weighted by Gasteiger charge is 2.17. The van der Waals surface area contributed by atoms with E-state index >= 15 is 0 Å². The van der Waals surface area contributed by atoms with Crippen molar-refractivity contribution in [2.24, 2.45) is 0 Å². The molecular weight excluding hydrogens is 338 g/mol. The van der Waals surface area contributed by atoms with Crippen molar-refractivity contribution >= 4 is 23.6 Å². The molecule has 6 heteroatoms. The Kier molecular flexibility index (Phi) is 8.28. The molecule has 0 heterocycles. The fourth-order valence-electron chi connectivity index (χ4n) is 2.85. The second kappa shape index (κ2) is 10.5. The Labute approximate surface area is 153 Å². The normalized spacial score (nSPS) is 16.4. The fourth-order valence-corrected chi connectivity index (χ4v) is 3.78. The van der Waals surface area contributed by atoms with Gasteiger partial charge in [0.15, 0.2) is 0 Å². The van der Waals surface area contributed by atoms with Crippen LogP contribution in [0.1, 0.15) is 55.8 Å². The van der Waals surface area contributed by atoms with Gasteiger partial charge in [-0.05, 0) is 38.3 Å².